The van der Waals surface area contributed by atoms with Gasteiger partial charge in [-0.05, 0) is 75.2 Å². The van der Waals surface area contributed by atoms with Gasteiger partial charge in [0.1, 0.15) is 0 Å². The minimum Gasteiger partial charge on any atom is -0.387 e. The zero-order valence-corrected chi connectivity index (χ0v) is 21.3. The first-order chi connectivity index (χ1) is 14.9. The highest BCUT2D eigenvalue weighted by Crippen LogP contribution is 2.32. The van der Waals surface area contributed by atoms with Crippen LogP contribution in [0.4, 0.5) is 0 Å². The maximum atomic E-state index is 11.4. The molecule has 0 saturated heterocycles. The van der Waals surface area contributed by atoms with Gasteiger partial charge in [-0.2, -0.15) is 0 Å². The van der Waals surface area contributed by atoms with Crippen LogP contribution < -0.4 is 0 Å². The van der Waals surface area contributed by atoms with E-state index in [2.05, 4.69) is 50.8 Å². The molecule has 3 nitrogen and oxygen atoms in total. The SMILES string of the molecule is CCCCN(CCCC)CC(O)c1cc(-c2ccc(Cl)cc2)nc2c(C)cc(C)cc12.Cl. The molecule has 1 aromatic heterocycles. The number of benzene rings is 2. The van der Waals surface area contributed by atoms with E-state index in [4.69, 9.17) is 16.6 Å². The molecule has 0 aliphatic heterocycles. The van der Waals surface area contributed by atoms with Crippen LogP contribution in [0.5, 0.6) is 0 Å². The Bertz CT molecular complexity index is 997. The molecule has 0 aliphatic rings. The molecule has 1 unspecified atom stereocenters. The van der Waals surface area contributed by atoms with Crippen LogP contribution in [0, 0.1) is 13.8 Å². The Labute approximate surface area is 204 Å². The topological polar surface area (TPSA) is 36.4 Å². The van der Waals surface area contributed by atoms with E-state index < -0.39 is 6.10 Å². The van der Waals surface area contributed by atoms with Gasteiger partial charge >= 0.3 is 0 Å². The van der Waals surface area contributed by atoms with Gasteiger partial charge in [0.25, 0.3) is 0 Å². The minimum absolute atomic E-state index is 0. The van der Waals surface area contributed by atoms with Gasteiger partial charge < -0.3 is 10.0 Å². The van der Waals surface area contributed by atoms with E-state index in [0.29, 0.717) is 11.6 Å². The highest BCUT2D eigenvalue weighted by Gasteiger charge is 2.19. The summed E-state index contributed by atoms with van der Waals surface area (Å²) >= 11 is 6.09. The molecule has 1 heterocycles. The van der Waals surface area contributed by atoms with E-state index in [1.165, 1.54) is 5.56 Å². The third-order valence-electron chi connectivity index (χ3n) is 5.87. The Morgan fingerprint density at radius 1 is 0.969 bits per heavy atom. The fourth-order valence-corrected chi connectivity index (χ4v) is 4.28. The summed E-state index contributed by atoms with van der Waals surface area (Å²) in [4.78, 5) is 7.38. The van der Waals surface area contributed by atoms with Crippen molar-refractivity contribution < 1.29 is 5.11 Å². The van der Waals surface area contributed by atoms with Crippen molar-refractivity contribution in [2.24, 2.45) is 0 Å². The van der Waals surface area contributed by atoms with Gasteiger partial charge in [-0.3, -0.25) is 0 Å². The Balaban J connectivity index is 0.00000363. The number of hydrogen-bond donors (Lipinski definition) is 1. The summed E-state index contributed by atoms with van der Waals surface area (Å²) in [7, 11) is 0. The molecule has 174 valence electrons. The van der Waals surface area contributed by atoms with Crippen molar-refractivity contribution in [3.05, 3.63) is 64.2 Å². The van der Waals surface area contributed by atoms with Gasteiger partial charge in [-0.25, -0.2) is 4.98 Å². The third kappa shape index (κ3) is 6.68. The van der Waals surface area contributed by atoms with Crippen LogP contribution in [0.3, 0.4) is 0 Å². The molecular weight excluding hydrogens is 439 g/mol. The maximum absolute atomic E-state index is 11.4. The quantitative estimate of drug-likeness (QED) is 0.329. The lowest BCUT2D eigenvalue weighted by Crippen LogP contribution is -2.31. The second-order valence-electron chi connectivity index (χ2n) is 8.61. The zero-order valence-electron chi connectivity index (χ0n) is 19.7. The standard InChI is InChI=1S/C27H35ClN2O.ClH/c1-5-7-13-30(14-8-6-2)18-26(31)23-17-25(21-9-11-22(28)12-10-21)29-27-20(4)15-19(3)16-24(23)27;/h9-12,15-17,26,31H,5-8,13-14,18H2,1-4H3;1H. The number of halogens is 2. The molecule has 0 radical (unpaired) electrons. The summed E-state index contributed by atoms with van der Waals surface area (Å²) in [6.07, 6.45) is 4.07. The van der Waals surface area contributed by atoms with Crippen LogP contribution in [0.15, 0.2) is 42.5 Å². The van der Waals surface area contributed by atoms with Crippen molar-refractivity contribution in [2.45, 2.75) is 59.5 Å². The number of rotatable bonds is 10. The van der Waals surface area contributed by atoms with Crippen LogP contribution in [-0.4, -0.2) is 34.6 Å². The Hall–Kier alpha value is -1.65. The van der Waals surface area contributed by atoms with E-state index >= 15 is 0 Å². The lowest BCUT2D eigenvalue weighted by molar-refractivity contribution is 0.112. The number of aryl methyl sites for hydroxylation is 2. The van der Waals surface area contributed by atoms with Crippen molar-refractivity contribution in [3.8, 4) is 11.3 Å². The van der Waals surface area contributed by atoms with Crippen molar-refractivity contribution >= 4 is 34.9 Å². The minimum atomic E-state index is -0.563. The number of hydrogen-bond acceptors (Lipinski definition) is 3. The lowest BCUT2D eigenvalue weighted by atomic mass is 9.96. The van der Waals surface area contributed by atoms with Gasteiger partial charge in [-0.15, -0.1) is 12.4 Å². The fraction of sp³-hybridized carbons (Fsp3) is 0.444. The second-order valence-corrected chi connectivity index (χ2v) is 9.04. The smallest absolute Gasteiger partial charge is 0.0924 e. The van der Waals surface area contributed by atoms with Gasteiger partial charge in [0.15, 0.2) is 0 Å². The summed E-state index contributed by atoms with van der Waals surface area (Å²) in [5.74, 6) is 0. The zero-order chi connectivity index (χ0) is 22.4. The molecule has 0 aliphatic carbocycles. The molecule has 0 fully saturated rings. The van der Waals surface area contributed by atoms with E-state index in [1.54, 1.807) is 0 Å². The monoisotopic (exact) mass is 474 g/mol. The van der Waals surface area contributed by atoms with E-state index in [-0.39, 0.29) is 12.4 Å². The molecule has 32 heavy (non-hydrogen) atoms. The third-order valence-corrected chi connectivity index (χ3v) is 6.12. The first-order valence-electron chi connectivity index (χ1n) is 11.5. The van der Waals surface area contributed by atoms with Gasteiger partial charge in [0.05, 0.1) is 17.3 Å². The summed E-state index contributed by atoms with van der Waals surface area (Å²) in [6.45, 7) is 11.3. The van der Waals surface area contributed by atoms with Crippen LogP contribution in [0.2, 0.25) is 5.02 Å². The highest BCUT2D eigenvalue weighted by atomic mass is 35.5. The lowest BCUT2D eigenvalue weighted by Gasteiger charge is -2.26. The van der Waals surface area contributed by atoms with Crippen molar-refractivity contribution in [1.29, 1.82) is 0 Å². The number of fused-ring (bicyclic) bond motifs is 1. The molecule has 3 aromatic rings. The van der Waals surface area contributed by atoms with Crippen molar-refractivity contribution in [2.75, 3.05) is 19.6 Å². The largest absolute Gasteiger partial charge is 0.387 e. The fourth-order valence-electron chi connectivity index (χ4n) is 4.15. The van der Waals surface area contributed by atoms with E-state index in [0.717, 1.165) is 72.1 Å². The molecule has 1 atom stereocenters. The molecule has 0 amide bonds. The Morgan fingerprint density at radius 2 is 1.59 bits per heavy atom. The molecule has 0 spiro atoms. The average Bonchev–Trinajstić information content (AvgIpc) is 2.75. The molecular formula is C27H36Cl2N2O. The predicted octanol–water partition coefficient (Wildman–Crippen LogP) is 7.53. The number of pyridine rings is 1. The molecule has 0 saturated carbocycles. The van der Waals surface area contributed by atoms with Crippen LogP contribution in [-0.2, 0) is 0 Å². The van der Waals surface area contributed by atoms with E-state index in [9.17, 15) is 5.11 Å². The van der Waals surface area contributed by atoms with Gasteiger partial charge in [-0.1, -0.05) is 62.1 Å². The molecule has 0 bridgehead atoms. The maximum Gasteiger partial charge on any atom is 0.0924 e. The van der Waals surface area contributed by atoms with Crippen molar-refractivity contribution in [1.82, 2.24) is 9.88 Å². The van der Waals surface area contributed by atoms with Gasteiger partial charge in [0, 0.05) is 22.5 Å². The van der Waals surface area contributed by atoms with E-state index in [1.807, 2.05) is 24.3 Å². The summed E-state index contributed by atoms with van der Waals surface area (Å²) in [5.41, 5.74) is 6.12. The van der Waals surface area contributed by atoms with Crippen LogP contribution in [0.25, 0.3) is 22.2 Å². The number of aromatic nitrogens is 1. The number of aliphatic hydroxyl groups excluding tert-OH is 1. The van der Waals surface area contributed by atoms with Crippen molar-refractivity contribution in [3.63, 3.8) is 0 Å². The number of nitrogens with zero attached hydrogens (tertiary/aromatic N) is 2. The van der Waals surface area contributed by atoms with Crippen LogP contribution >= 0.6 is 24.0 Å². The molecule has 5 heteroatoms. The highest BCUT2D eigenvalue weighted by molar-refractivity contribution is 6.30. The summed E-state index contributed by atoms with van der Waals surface area (Å²) in [5, 5.41) is 13.2. The van der Waals surface area contributed by atoms with Crippen LogP contribution in [0.1, 0.15) is 62.3 Å². The average molecular weight is 476 g/mol. The normalized spacial score (nSPS) is 12.2. The Kier molecular flexibility index (Phi) is 10.4. The molecule has 3 rings (SSSR count). The number of unbranched alkanes of at least 4 members (excludes halogenated alkanes) is 2. The second kappa shape index (κ2) is 12.6. The predicted molar refractivity (Wildman–Crippen MR) is 140 cm³/mol. The molecule has 1 N–H and O–H groups in total. The first kappa shape index (κ1) is 26.6. The Morgan fingerprint density at radius 3 is 2.19 bits per heavy atom. The molecule has 2 aromatic carbocycles. The van der Waals surface area contributed by atoms with Gasteiger partial charge in [0.2, 0.25) is 0 Å². The summed E-state index contributed by atoms with van der Waals surface area (Å²) < 4.78 is 0. The summed E-state index contributed by atoms with van der Waals surface area (Å²) in [6, 6.07) is 14.1. The first-order valence-corrected chi connectivity index (χ1v) is 11.9. The number of aliphatic hydroxyl groups is 1.